The molecule has 1 aromatic rings. The Morgan fingerprint density at radius 3 is 2.55 bits per heavy atom. The van der Waals surface area contributed by atoms with Crippen molar-refractivity contribution in [2.75, 3.05) is 11.9 Å². The number of benzene rings is 1. The van der Waals surface area contributed by atoms with Gasteiger partial charge in [0.15, 0.2) is 6.61 Å². The highest BCUT2D eigenvalue weighted by atomic mass is 19.1. The predicted molar refractivity (Wildman–Crippen MR) is 76.5 cm³/mol. The van der Waals surface area contributed by atoms with Crippen molar-refractivity contribution in [3.05, 3.63) is 30.1 Å². The Morgan fingerprint density at radius 2 is 1.86 bits per heavy atom. The van der Waals surface area contributed by atoms with Crippen LogP contribution in [0, 0.1) is 11.7 Å². The van der Waals surface area contributed by atoms with Gasteiger partial charge in [-0.1, -0.05) is 25.0 Å². The van der Waals surface area contributed by atoms with Crippen molar-refractivity contribution in [2.24, 2.45) is 5.92 Å². The standard InChI is InChI=1S/C15H17FN2O4/c16-11-7-3-4-8-12(11)17-15(21)18-13(19)9-22-14(20)10-5-1-2-6-10/h3-4,7-8,10H,1-2,5-6,9H2,(H2,17,18,19,21). The van der Waals surface area contributed by atoms with Gasteiger partial charge >= 0.3 is 12.0 Å². The highest BCUT2D eigenvalue weighted by Gasteiger charge is 2.24. The number of halogens is 1. The molecular weight excluding hydrogens is 291 g/mol. The van der Waals surface area contributed by atoms with Crippen molar-refractivity contribution in [3.63, 3.8) is 0 Å². The fourth-order valence-electron chi connectivity index (χ4n) is 2.29. The second-order valence-electron chi connectivity index (χ2n) is 5.07. The van der Waals surface area contributed by atoms with Gasteiger partial charge in [0.1, 0.15) is 5.82 Å². The lowest BCUT2D eigenvalue weighted by Gasteiger charge is -2.10. The molecule has 0 radical (unpaired) electrons. The Labute approximate surface area is 127 Å². The second kappa shape index (κ2) is 7.53. The number of esters is 1. The van der Waals surface area contributed by atoms with Crippen molar-refractivity contribution in [1.82, 2.24) is 5.32 Å². The van der Waals surface area contributed by atoms with Crippen LogP contribution in [-0.4, -0.2) is 24.5 Å². The Bertz CT molecular complexity index is 570. The first-order valence-electron chi connectivity index (χ1n) is 7.08. The lowest BCUT2D eigenvalue weighted by molar-refractivity contribution is -0.152. The molecule has 0 spiro atoms. The third-order valence-corrected chi connectivity index (χ3v) is 3.41. The smallest absolute Gasteiger partial charge is 0.326 e. The van der Waals surface area contributed by atoms with Crippen molar-refractivity contribution in [3.8, 4) is 0 Å². The minimum atomic E-state index is -0.882. The van der Waals surface area contributed by atoms with Gasteiger partial charge in [-0.3, -0.25) is 14.9 Å². The van der Waals surface area contributed by atoms with Crippen molar-refractivity contribution in [1.29, 1.82) is 0 Å². The summed E-state index contributed by atoms with van der Waals surface area (Å²) in [5.74, 6) is -1.94. The summed E-state index contributed by atoms with van der Waals surface area (Å²) in [5.41, 5.74) is -0.0456. The predicted octanol–water partition coefficient (Wildman–Crippen LogP) is 2.21. The molecule has 2 rings (SSSR count). The second-order valence-corrected chi connectivity index (χ2v) is 5.07. The van der Waals surface area contributed by atoms with Gasteiger partial charge in [0.2, 0.25) is 0 Å². The first kappa shape index (κ1) is 15.9. The molecule has 0 heterocycles. The van der Waals surface area contributed by atoms with Gasteiger partial charge in [0, 0.05) is 0 Å². The number of nitrogens with one attached hydrogen (secondary N) is 2. The number of hydrogen-bond acceptors (Lipinski definition) is 4. The van der Waals surface area contributed by atoms with E-state index in [1.165, 1.54) is 18.2 Å². The first-order chi connectivity index (χ1) is 10.6. The monoisotopic (exact) mass is 308 g/mol. The molecule has 0 saturated heterocycles. The SMILES string of the molecule is O=C(COC(=O)C1CCCC1)NC(=O)Nc1ccccc1F. The Morgan fingerprint density at radius 1 is 1.18 bits per heavy atom. The molecule has 1 aromatic carbocycles. The number of urea groups is 1. The number of carbonyl (C=O) groups is 3. The minimum absolute atomic E-state index is 0.0456. The summed E-state index contributed by atoms with van der Waals surface area (Å²) in [7, 11) is 0. The maximum atomic E-state index is 13.3. The van der Waals surface area contributed by atoms with Crippen LogP contribution in [0.15, 0.2) is 24.3 Å². The largest absolute Gasteiger partial charge is 0.455 e. The zero-order chi connectivity index (χ0) is 15.9. The highest BCUT2D eigenvalue weighted by molar-refractivity contribution is 6.01. The highest BCUT2D eigenvalue weighted by Crippen LogP contribution is 2.25. The van der Waals surface area contributed by atoms with E-state index in [2.05, 4.69) is 5.32 Å². The third kappa shape index (κ3) is 4.54. The van der Waals surface area contributed by atoms with Gasteiger partial charge in [-0.15, -0.1) is 0 Å². The van der Waals surface area contributed by atoms with E-state index in [0.717, 1.165) is 25.7 Å². The van der Waals surface area contributed by atoms with Crippen LogP contribution in [0.25, 0.3) is 0 Å². The number of ether oxygens (including phenoxy) is 1. The first-order valence-corrected chi connectivity index (χ1v) is 7.08. The maximum Gasteiger partial charge on any atom is 0.326 e. The van der Waals surface area contributed by atoms with Crippen molar-refractivity contribution in [2.45, 2.75) is 25.7 Å². The topological polar surface area (TPSA) is 84.5 Å². The summed E-state index contributed by atoms with van der Waals surface area (Å²) in [6, 6.07) is 4.68. The van der Waals surface area contributed by atoms with Gasteiger partial charge in [-0.2, -0.15) is 0 Å². The van der Waals surface area contributed by atoms with E-state index >= 15 is 0 Å². The van der Waals surface area contributed by atoms with Crippen molar-refractivity contribution >= 4 is 23.6 Å². The lowest BCUT2D eigenvalue weighted by atomic mass is 10.1. The summed E-state index contributed by atoms with van der Waals surface area (Å²) in [6.07, 6.45) is 3.51. The Balaban J connectivity index is 1.73. The molecule has 0 aromatic heterocycles. The molecular formula is C15H17FN2O4. The average molecular weight is 308 g/mol. The van der Waals surface area contributed by atoms with Crippen LogP contribution >= 0.6 is 0 Å². The zero-order valence-electron chi connectivity index (χ0n) is 11.9. The lowest BCUT2D eigenvalue weighted by Crippen LogP contribution is -2.37. The van der Waals surface area contributed by atoms with Crippen LogP contribution in [0.4, 0.5) is 14.9 Å². The van der Waals surface area contributed by atoms with E-state index in [9.17, 15) is 18.8 Å². The molecule has 0 bridgehead atoms. The summed E-state index contributed by atoms with van der Waals surface area (Å²) < 4.78 is 18.2. The minimum Gasteiger partial charge on any atom is -0.455 e. The molecule has 0 aliphatic heterocycles. The fraction of sp³-hybridized carbons (Fsp3) is 0.400. The number of hydrogen-bond donors (Lipinski definition) is 2. The Kier molecular flexibility index (Phi) is 5.46. The van der Waals surface area contributed by atoms with E-state index in [1.54, 1.807) is 6.07 Å². The van der Waals surface area contributed by atoms with Crippen LogP contribution in [0.2, 0.25) is 0 Å². The van der Waals surface area contributed by atoms with Gasteiger partial charge in [0.25, 0.3) is 5.91 Å². The number of imide groups is 1. The molecule has 22 heavy (non-hydrogen) atoms. The van der Waals surface area contributed by atoms with Crippen LogP contribution < -0.4 is 10.6 Å². The molecule has 6 nitrogen and oxygen atoms in total. The van der Waals surface area contributed by atoms with Crippen LogP contribution in [0.3, 0.4) is 0 Å². The van der Waals surface area contributed by atoms with Gasteiger partial charge in [0.05, 0.1) is 11.6 Å². The summed E-state index contributed by atoms with van der Waals surface area (Å²) in [6.45, 7) is -0.528. The third-order valence-electron chi connectivity index (χ3n) is 3.41. The normalized spacial score (nSPS) is 14.4. The molecule has 7 heteroatoms. The molecule has 3 amide bonds. The average Bonchev–Trinajstić information content (AvgIpc) is 3.01. The van der Waals surface area contributed by atoms with Gasteiger partial charge in [-0.25, -0.2) is 9.18 Å². The Hall–Kier alpha value is -2.44. The van der Waals surface area contributed by atoms with E-state index < -0.39 is 30.3 Å². The molecule has 1 fully saturated rings. The number of amides is 3. The number of anilines is 1. The van der Waals surface area contributed by atoms with Crippen LogP contribution in [0.5, 0.6) is 0 Å². The fourth-order valence-corrected chi connectivity index (χ4v) is 2.29. The van der Waals surface area contributed by atoms with E-state index in [0.29, 0.717) is 0 Å². The van der Waals surface area contributed by atoms with E-state index in [-0.39, 0.29) is 11.6 Å². The van der Waals surface area contributed by atoms with E-state index in [4.69, 9.17) is 4.74 Å². The number of para-hydroxylation sites is 1. The molecule has 1 saturated carbocycles. The van der Waals surface area contributed by atoms with Gasteiger partial charge < -0.3 is 10.1 Å². The molecule has 2 N–H and O–H groups in total. The zero-order valence-corrected chi connectivity index (χ0v) is 11.9. The quantitative estimate of drug-likeness (QED) is 0.835. The molecule has 1 aliphatic carbocycles. The summed E-state index contributed by atoms with van der Waals surface area (Å²) >= 11 is 0. The van der Waals surface area contributed by atoms with Crippen LogP contribution in [-0.2, 0) is 14.3 Å². The number of carbonyl (C=O) groups excluding carboxylic acids is 3. The molecule has 0 unspecified atom stereocenters. The van der Waals surface area contributed by atoms with Crippen LogP contribution in [0.1, 0.15) is 25.7 Å². The maximum absolute atomic E-state index is 13.3. The molecule has 1 aliphatic rings. The molecule has 118 valence electrons. The van der Waals surface area contributed by atoms with Crippen molar-refractivity contribution < 1.29 is 23.5 Å². The summed E-state index contributed by atoms with van der Waals surface area (Å²) in [4.78, 5) is 34.6. The summed E-state index contributed by atoms with van der Waals surface area (Å²) in [5, 5.41) is 4.17. The molecule has 0 atom stereocenters. The number of rotatable bonds is 4. The van der Waals surface area contributed by atoms with E-state index in [1.807, 2.05) is 5.32 Å². The van der Waals surface area contributed by atoms with Gasteiger partial charge in [-0.05, 0) is 25.0 Å².